The number of nitrogens with zero attached hydrogens (tertiary/aromatic N) is 1. The highest BCUT2D eigenvalue weighted by Crippen LogP contribution is 2.53. The number of anilines is 3. The third-order valence-electron chi connectivity index (χ3n) is 13.9. The summed E-state index contributed by atoms with van der Waals surface area (Å²) >= 11 is 0. The van der Waals surface area contributed by atoms with Crippen LogP contribution < -0.4 is 4.90 Å². The van der Waals surface area contributed by atoms with Crippen LogP contribution in [0.25, 0.3) is 88.3 Å². The first kappa shape index (κ1) is 39.3. The maximum absolute atomic E-state index is 2.48. The first-order chi connectivity index (χ1) is 32.5. The summed E-state index contributed by atoms with van der Waals surface area (Å²) < 4.78 is 0. The van der Waals surface area contributed by atoms with Gasteiger partial charge in [0.1, 0.15) is 0 Å². The van der Waals surface area contributed by atoms with Crippen LogP contribution in [0.2, 0.25) is 0 Å². The predicted octanol–water partition coefficient (Wildman–Crippen LogP) is 18.1. The first-order valence-corrected chi connectivity index (χ1v) is 23.0. The van der Waals surface area contributed by atoms with Crippen molar-refractivity contribution in [1.29, 1.82) is 0 Å². The molecule has 0 heterocycles. The predicted molar refractivity (Wildman–Crippen MR) is 281 cm³/mol. The SMILES string of the molecule is CC1(C)c2ccccc2-c2c(-c3cccc(N(c4ccc(-c5cc6ccccc6c6ccccc56)cc4)c4cccc(-c5ccccc5)c4-c4ccccc4-c4ccccc4)c3)cccc21. The van der Waals surface area contributed by atoms with Crippen LogP contribution in [0.3, 0.4) is 0 Å². The highest BCUT2D eigenvalue weighted by atomic mass is 15.1. The molecule has 0 amide bonds. The van der Waals surface area contributed by atoms with Crippen molar-refractivity contribution in [3.8, 4) is 66.8 Å². The molecule has 0 radical (unpaired) electrons. The summed E-state index contributed by atoms with van der Waals surface area (Å²) in [4.78, 5) is 2.48. The van der Waals surface area contributed by atoms with Gasteiger partial charge in [-0.1, -0.05) is 226 Å². The van der Waals surface area contributed by atoms with Crippen molar-refractivity contribution in [2.24, 2.45) is 0 Å². The third kappa shape index (κ3) is 6.55. The van der Waals surface area contributed by atoms with E-state index >= 15 is 0 Å². The molecule has 0 bridgehead atoms. The molecule has 0 saturated heterocycles. The van der Waals surface area contributed by atoms with Gasteiger partial charge in [0.05, 0.1) is 5.69 Å². The fourth-order valence-corrected chi connectivity index (χ4v) is 10.8. The maximum atomic E-state index is 2.48. The third-order valence-corrected chi connectivity index (χ3v) is 13.9. The summed E-state index contributed by atoms with van der Waals surface area (Å²) in [6.45, 7) is 4.72. The minimum absolute atomic E-state index is 0.0946. The van der Waals surface area contributed by atoms with Gasteiger partial charge in [-0.25, -0.2) is 0 Å². The Kier molecular flexibility index (Phi) is 9.58. The number of hydrogen-bond donors (Lipinski definition) is 0. The second-order valence-electron chi connectivity index (χ2n) is 18.0. The Labute approximate surface area is 387 Å². The van der Waals surface area contributed by atoms with Crippen molar-refractivity contribution in [3.05, 3.63) is 260 Å². The first-order valence-electron chi connectivity index (χ1n) is 23.0. The Balaban J connectivity index is 1.10. The normalized spacial score (nSPS) is 12.5. The lowest BCUT2D eigenvalue weighted by Crippen LogP contribution is -2.14. The number of hydrogen-bond acceptors (Lipinski definition) is 1. The van der Waals surface area contributed by atoms with Crippen molar-refractivity contribution in [3.63, 3.8) is 0 Å². The van der Waals surface area contributed by atoms with Crippen molar-refractivity contribution in [2.75, 3.05) is 4.90 Å². The number of benzene rings is 11. The van der Waals surface area contributed by atoms with Crippen LogP contribution in [0.15, 0.2) is 249 Å². The molecule has 312 valence electrons. The van der Waals surface area contributed by atoms with Gasteiger partial charge in [-0.2, -0.15) is 0 Å². The molecule has 0 spiro atoms. The van der Waals surface area contributed by atoms with E-state index in [1.807, 2.05) is 0 Å². The average molecular weight is 842 g/mol. The van der Waals surface area contributed by atoms with Crippen molar-refractivity contribution in [2.45, 2.75) is 19.3 Å². The molecule has 12 rings (SSSR count). The number of rotatable bonds is 8. The fraction of sp³-hybridized carbons (Fsp3) is 0.0462. The van der Waals surface area contributed by atoms with E-state index in [2.05, 4.69) is 267 Å². The summed E-state index contributed by atoms with van der Waals surface area (Å²) in [6, 6.07) is 91.5. The van der Waals surface area contributed by atoms with Crippen molar-refractivity contribution < 1.29 is 0 Å². The van der Waals surface area contributed by atoms with Gasteiger partial charge in [-0.05, 0) is 130 Å². The zero-order valence-electron chi connectivity index (χ0n) is 37.1. The molecule has 0 unspecified atom stereocenters. The van der Waals surface area contributed by atoms with Crippen LogP contribution in [0, 0.1) is 0 Å². The van der Waals surface area contributed by atoms with E-state index in [0.717, 1.165) is 17.1 Å². The molecule has 0 aromatic heterocycles. The second kappa shape index (κ2) is 16.1. The molecule has 0 saturated carbocycles. The minimum atomic E-state index is -0.0946. The van der Waals surface area contributed by atoms with E-state index in [0.29, 0.717) is 0 Å². The van der Waals surface area contributed by atoms with Crippen molar-refractivity contribution >= 4 is 38.6 Å². The molecule has 1 nitrogen and oxygen atoms in total. The summed E-state index contributed by atoms with van der Waals surface area (Å²) in [5.41, 5.74) is 20.5. The molecule has 11 aromatic rings. The van der Waals surface area contributed by atoms with Gasteiger partial charge in [0.15, 0.2) is 0 Å². The van der Waals surface area contributed by atoms with E-state index in [1.165, 1.54) is 99.4 Å². The molecule has 0 fully saturated rings. The smallest absolute Gasteiger partial charge is 0.0546 e. The zero-order valence-corrected chi connectivity index (χ0v) is 37.1. The highest BCUT2D eigenvalue weighted by molar-refractivity contribution is 6.14. The van der Waals surface area contributed by atoms with Gasteiger partial charge < -0.3 is 4.90 Å². The van der Waals surface area contributed by atoms with Gasteiger partial charge in [-0.15, -0.1) is 0 Å². The van der Waals surface area contributed by atoms with Gasteiger partial charge in [0, 0.05) is 22.4 Å². The lowest BCUT2D eigenvalue weighted by molar-refractivity contribution is 0.660. The average Bonchev–Trinajstić information content (AvgIpc) is 3.62. The lowest BCUT2D eigenvalue weighted by atomic mass is 9.82. The summed E-state index contributed by atoms with van der Waals surface area (Å²) in [5, 5.41) is 5.04. The Morgan fingerprint density at radius 1 is 0.288 bits per heavy atom. The maximum Gasteiger partial charge on any atom is 0.0546 e. The van der Waals surface area contributed by atoms with E-state index in [1.54, 1.807) is 0 Å². The van der Waals surface area contributed by atoms with E-state index in [9.17, 15) is 0 Å². The molecule has 1 heteroatoms. The Hall–Kier alpha value is -8.26. The van der Waals surface area contributed by atoms with Crippen molar-refractivity contribution in [1.82, 2.24) is 0 Å². The van der Waals surface area contributed by atoms with Crippen LogP contribution in [0.5, 0.6) is 0 Å². The minimum Gasteiger partial charge on any atom is -0.310 e. The largest absolute Gasteiger partial charge is 0.310 e. The summed E-state index contributed by atoms with van der Waals surface area (Å²) in [5.74, 6) is 0. The molecule has 0 N–H and O–H groups in total. The molecule has 0 atom stereocenters. The Morgan fingerprint density at radius 2 is 0.803 bits per heavy atom. The van der Waals surface area contributed by atoms with Crippen LogP contribution in [0.1, 0.15) is 25.0 Å². The van der Waals surface area contributed by atoms with Crippen LogP contribution in [0.4, 0.5) is 17.1 Å². The zero-order chi connectivity index (χ0) is 44.2. The van der Waals surface area contributed by atoms with Crippen LogP contribution in [-0.4, -0.2) is 0 Å². The monoisotopic (exact) mass is 841 g/mol. The molecular formula is C65H47N. The molecule has 0 aliphatic heterocycles. The summed E-state index contributed by atoms with van der Waals surface area (Å²) in [6.07, 6.45) is 0. The molecule has 66 heavy (non-hydrogen) atoms. The molecule has 11 aromatic carbocycles. The highest BCUT2D eigenvalue weighted by Gasteiger charge is 2.36. The van der Waals surface area contributed by atoms with E-state index in [-0.39, 0.29) is 5.41 Å². The van der Waals surface area contributed by atoms with Crippen LogP contribution in [-0.2, 0) is 5.41 Å². The standard InChI is InChI=1S/C65H47N/c1-65(2)60-35-16-15-32-58(60)63-54(33-18-36-61(63)65)47-25-17-26-50(42-47)66(49-40-38-46(39-41-49)59-43-48-24-9-10-28-52(48)55-29-12-13-30-56(55)59)62-37-19-34-53(45-22-7-4-8-23-45)64(62)57-31-14-11-27-51(57)44-20-5-3-6-21-44/h3-43H,1-2H3. The second-order valence-corrected chi connectivity index (χ2v) is 18.0. The quantitative estimate of drug-likeness (QED) is 0.138. The topological polar surface area (TPSA) is 3.24 Å². The van der Waals surface area contributed by atoms with Gasteiger partial charge >= 0.3 is 0 Å². The Bertz CT molecular complexity index is 3600. The lowest BCUT2D eigenvalue weighted by Gasteiger charge is -2.30. The molecular weight excluding hydrogens is 795 g/mol. The molecule has 1 aliphatic carbocycles. The summed E-state index contributed by atoms with van der Waals surface area (Å²) in [7, 11) is 0. The van der Waals surface area contributed by atoms with Gasteiger partial charge in [0.2, 0.25) is 0 Å². The number of fused-ring (bicyclic) bond motifs is 6. The van der Waals surface area contributed by atoms with E-state index in [4.69, 9.17) is 0 Å². The van der Waals surface area contributed by atoms with Gasteiger partial charge in [-0.3, -0.25) is 0 Å². The van der Waals surface area contributed by atoms with Crippen LogP contribution >= 0.6 is 0 Å². The molecule has 1 aliphatic rings. The van der Waals surface area contributed by atoms with E-state index < -0.39 is 0 Å². The Morgan fingerprint density at radius 3 is 1.56 bits per heavy atom. The van der Waals surface area contributed by atoms with Gasteiger partial charge in [0.25, 0.3) is 0 Å². The fourth-order valence-electron chi connectivity index (χ4n) is 10.8.